The van der Waals surface area contributed by atoms with Crippen molar-refractivity contribution < 1.29 is 0 Å². The molecule has 1 atom stereocenters. The van der Waals surface area contributed by atoms with Gasteiger partial charge in [-0.1, -0.05) is 97.9 Å². The maximum Gasteiger partial charge on any atom is 0.164 e. The van der Waals surface area contributed by atoms with Crippen molar-refractivity contribution in [2.45, 2.75) is 12.6 Å². The molecule has 0 amide bonds. The number of nitrogens with zero attached hydrogens (tertiary/aromatic N) is 1. The van der Waals surface area contributed by atoms with Gasteiger partial charge in [0.05, 0.1) is 0 Å². The molecule has 0 aliphatic carbocycles. The van der Waals surface area contributed by atoms with Gasteiger partial charge in [-0.15, -0.1) is 0 Å². The maximum absolute atomic E-state index is 2.37. The van der Waals surface area contributed by atoms with E-state index in [9.17, 15) is 0 Å². The van der Waals surface area contributed by atoms with Gasteiger partial charge in [0.1, 0.15) is 0 Å². The molecule has 1 nitrogen and oxygen atoms in total. The van der Waals surface area contributed by atoms with Gasteiger partial charge in [0.15, 0.2) is 8.07 Å². The highest BCUT2D eigenvalue weighted by molar-refractivity contribution is 7.12. The lowest BCUT2D eigenvalue weighted by Gasteiger charge is -2.42. The first-order valence-corrected chi connectivity index (χ1v) is 10.6. The third-order valence-electron chi connectivity index (χ3n) is 5.09. The zero-order valence-electron chi connectivity index (χ0n) is 14.7. The summed E-state index contributed by atoms with van der Waals surface area (Å²) in [4.78, 5) is 2.37. The van der Waals surface area contributed by atoms with Crippen LogP contribution in [0, 0.1) is 0 Å². The van der Waals surface area contributed by atoms with Gasteiger partial charge in [0, 0.05) is 5.67 Å². The van der Waals surface area contributed by atoms with Crippen LogP contribution in [0.5, 0.6) is 0 Å². The summed E-state index contributed by atoms with van der Waals surface area (Å²) < 4.78 is 0. The molecule has 0 aromatic heterocycles. The van der Waals surface area contributed by atoms with Crippen LogP contribution >= 0.6 is 0 Å². The number of rotatable bonds is 5. The Morgan fingerprint density at radius 3 is 1.12 bits per heavy atom. The Hall–Kier alpha value is -2.16. The second-order valence-corrected chi connectivity index (χ2v) is 10.7. The van der Waals surface area contributed by atoms with Crippen molar-refractivity contribution in [2.24, 2.45) is 0 Å². The van der Waals surface area contributed by atoms with Gasteiger partial charge in [-0.25, -0.2) is 0 Å². The van der Waals surface area contributed by atoms with Gasteiger partial charge in [0.25, 0.3) is 0 Å². The SMILES string of the molecule is CC(N(C)C)[Si](c1ccccc1)(c1ccccc1)c1ccccc1. The molecular formula is C22H25NSi. The molecule has 0 aliphatic heterocycles. The van der Waals surface area contributed by atoms with Crippen molar-refractivity contribution in [2.75, 3.05) is 14.1 Å². The molecule has 1 unspecified atom stereocenters. The highest BCUT2D eigenvalue weighted by atomic mass is 28.3. The van der Waals surface area contributed by atoms with Crippen molar-refractivity contribution >= 4 is 23.6 Å². The zero-order valence-corrected chi connectivity index (χ0v) is 15.7. The second-order valence-electron chi connectivity index (χ2n) is 6.55. The van der Waals surface area contributed by atoms with Crippen LogP contribution in [0.1, 0.15) is 6.92 Å². The predicted molar refractivity (Wildman–Crippen MR) is 107 cm³/mol. The van der Waals surface area contributed by atoms with Crippen LogP contribution in [0.3, 0.4) is 0 Å². The van der Waals surface area contributed by atoms with E-state index in [1.807, 2.05) is 0 Å². The largest absolute Gasteiger partial charge is 0.308 e. The average Bonchev–Trinajstić information content (AvgIpc) is 2.65. The molecule has 0 heterocycles. The van der Waals surface area contributed by atoms with E-state index in [2.05, 4.69) is 117 Å². The molecule has 24 heavy (non-hydrogen) atoms. The van der Waals surface area contributed by atoms with E-state index in [0.29, 0.717) is 5.67 Å². The van der Waals surface area contributed by atoms with Crippen LogP contribution < -0.4 is 15.6 Å². The zero-order chi connectivity index (χ0) is 17.0. The lowest BCUT2D eigenvalue weighted by molar-refractivity contribution is 0.387. The van der Waals surface area contributed by atoms with Crippen LogP contribution in [0.4, 0.5) is 0 Å². The summed E-state index contributed by atoms with van der Waals surface area (Å²) in [5.74, 6) is 0. The van der Waals surface area contributed by atoms with Gasteiger partial charge in [-0.05, 0) is 29.7 Å². The van der Waals surface area contributed by atoms with Crippen LogP contribution in [0.2, 0.25) is 0 Å². The molecule has 3 rings (SSSR count). The Balaban J connectivity index is 2.37. The van der Waals surface area contributed by atoms with E-state index in [4.69, 9.17) is 0 Å². The monoisotopic (exact) mass is 331 g/mol. The molecule has 0 bridgehead atoms. The van der Waals surface area contributed by atoms with E-state index in [1.54, 1.807) is 0 Å². The molecule has 2 heteroatoms. The highest BCUT2D eigenvalue weighted by Crippen LogP contribution is 2.15. The van der Waals surface area contributed by atoms with E-state index in [1.165, 1.54) is 15.6 Å². The fraction of sp³-hybridized carbons (Fsp3) is 0.182. The Morgan fingerprint density at radius 1 is 0.583 bits per heavy atom. The van der Waals surface area contributed by atoms with Gasteiger partial charge in [-0.3, -0.25) is 0 Å². The van der Waals surface area contributed by atoms with Crippen molar-refractivity contribution in [1.82, 2.24) is 4.90 Å². The molecule has 0 saturated carbocycles. The molecular weight excluding hydrogens is 306 g/mol. The first-order valence-electron chi connectivity index (χ1n) is 8.50. The third kappa shape index (κ3) is 2.83. The van der Waals surface area contributed by atoms with Crippen molar-refractivity contribution in [3.8, 4) is 0 Å². The summed E-state index contributed by atoms with van der Waals surface area (Å²) in [5, 5.41) is 4.39. The summed E-state index contributed by atoms with van der Waals surface area (Å²) in [5.41, 5.74) is 0.435. The third-order valence-corrected chi connectivity index (χ3v) is 10.6. The molecule has 0 N–H and O–H groups in total. The summed E-state index contributed by atoms with van der Waals surface area (Å²) >= 11 is 0. The number of hydrogen-bond acceptors (Lipinski definition) is 1. The quantitative estimate of drug-likeness (QED) is 0.513. The Morgan fingerprint density at radius 2 is 0.875 bits per heavy atom. The first kappa shape index (κ1) is 16.7. The lowest BCUT2D eigenvalue weighted by Crippen LogP contribution is -2.76. The Bertz CT molecular complexity index is 657. The summed E-state index contributed by atoms with van der Waals surface area (Å²) in [7, 11) is 2.23. The van der Waals surface area contributed by atoms with Crippen molar-refractivity contribution in [1.29, 1.82) is 0 Å². The fourth-order valence-corrected chi connectivity index (χ4v) is 9.09. The van der Waals surface area contributed by atoms with Crippen LogP contribution in [-0.4, -0.2) is 32.7 Å². The summed E-state index contributed by atoms with van der Waals surface area (Å²) in [6.45, 7) is 2.37. The Kier molecular flexibility index (Phi) is 4.98. The molecule has 122 valence electrons. The second kappa shape index (κ2) is 7.16. The normalized spacial score (nSPS) is 13.0. The first-order chi connectivity index (χ1) is 11.7. The van der Waals surface area contributed by atoms with Crippen LogP contribution in [-0.2, 0) is 0 Å². The number of hydrogen-bond donors (Lipinski definition) is 0. The minimum absolute atomic E-state index is 0.435. The van der Waals surface area contributed by atoms with Gasteiger partial charge >= 0.3 is 0 Å². The van der Waals surface area contributed by atoms with Crippen LogP contribution in [0.15, 0.2) is 91.0 Å². The van der Waals surface area contributed by atoms with E-state index >= 15 is 0 Å². The van der Waals surface area contributed by atoms with Gasteiger partial charge in [-0.2, -0.15) is 0 Å². The molecule has 3 aromatic carbocycles. The molecule has 3 aromatic rings. The standard InChI is InChI=1S/C22H25NSi/c1-19(23(2)3)24(20-13-7-4-8-14-20,21-15-9-5-10-16-21)22-17-11-6-12-18-22/h4-19H,1-3H3. The highest BCUT2D eigenvalue weighted by Gasteiger charge is 2.45. The van der Waals surface area contributed by atoms with Crippen LogP contribution in [0.25, 0.3) is 0 Å². The average molecular weight is 332 g/mol. The fourth-order valence-electron chi connectivity index (χ4n) is 3.71. The molecule has 0 radical (unpaired) electrons. The van der Waals surface area contributed by atoms with Gasteiger partial charge < -0.3 is 4.90 Å². The predicted octanol–water partition coefficient (Wildman–Crippen LogP) is 2.65. The van der Waals surface area contributed by atoms with Crippen molar-refractivity contribution in [3.05, 3.63) is 91.0 Å². The topological polar surface area (TPSA) is 3.24 Å². The molecule has 0 aliphatic rings. The number of benzene rings is 3. The lowest BCUT2D eigenvalue weighted by atomic mass is 10.3. The molecule has 0 fully saturated rings. The smallest absolute Gasteiger partial charge is 0.164 e. The van der Waals surface area contributed by atoms with E-state index in [0.717, 1.165) is 0 Å². The minimum atomic E-state index is -2.16. The summed E-state index contributed by atoms with van der Waals surface area (Å²) in [6, 6.07) is 33.2. The molecule has 0 spiro atoms. The minimum Gasteiger partial charge on any atom is -0.308 e. The van der Waals surface area contributed by atoms with E-state index in [-0.39, 0.29) is 0 Å². The van der Waals surface area contributed by atoms with Crippen molar-refractivity contribution in [3.63, 3.8) is 0 Å². The van der Waals surface area contributed by atoms with Gasteiger partial charge in [0.2, 0.25) is 0 Å². The molecule has 0 saturated heterocycles. The maximum atomic E-state index is 2.37. The summed E-state index contributed by atoms with van der Waals surface area (Å²) in [6.07, 6.45) is 0. The Labute approximate surface area is 146 Å². The van der Waals surface area contributed by atoms with E-state index < -0.39 is 8.07 Å².